The monoisotopic (exact) mass is 359 g/mol. The van der Waals surface area contributed by atoms with Gasteiger partial charge in [0, 0.05) is 24.7 Å². The number of hydrogen-bond donors (Lipinski definition) is 1. The van der Waals surface area contributed by atoms with Crippen molar-refractivity contribution in [2.45, 2.75) is 31.7 Å². The van der Waals surface area contributed by atoms with Gasteiger partial charge in [-0.3, -0.25) is 9.78 Å². The maximum Gasteiger partial charge on any atom is 0.303 e. The number of ether oxygens (including phenoxy) is 2. The van der Waals surface area contributed by atoms with Gasteiger partial charge in [-0.05, 0) is 35.9 Å². The number of carbonyl (C=O) groups is 1. The van der Waals surface area contributed by atoms with Crippen molar-refractivity contribution in [3.8, 4) is 0 Å². The number of pyridine rings is 1. The summed E-state index contributed by atoms with van der Waals surface area (Å²) in [5, 5.41) is 10.7. The molecule has 0 bridgehead atoms. The van der Waals surface area contributed by atoms with E-state index in [1.54, 1.807) is 17.5 Å². The van der Waals surface area contributed by atoms with E-state index in [1.165, 1.54) is 0 Å². The number of thiophene rings is 1. The van der Waals surface area contributed by atoms with E-state index in [0.717, 1.165) is 16.9 Å². The van der Waals surface area contributed by atoms with E-state index in [1.807, 2.05) is 48.0 Å². The highest BCUT2D eigenvalue weighted by Gasteiger charge is 2.33. The number of nitrogens with zero attached hydrogens (tertiary/aromatic N) is 1. The number of aliphatic carboxylic acids is 1. The average Bonchev–Trinajstić information content (AvgIpc) is 3.17. The van der Waals surface area contributed by atoms with Crippen molar-refractivity contribution in [2.75, 3.05) is 6.61 Å². The summed E-state index contributed by atoms with van der Waals surface area (Å²) < 4.78 is 12.2. The Bertz CT molecular complexity index is 687. The molecule has 6 heteroatoms. The summed E-state index contributed by atoms with van der Waals surface area (Å²) in [4.78, 5) is 15.8. The average molecular weight is 359 g/mol. The lowest BCUT2D eigenvalue weighted by atomic mass is 9.93. The van der Waals surface area contributed by atoms with Crippen molar-refractivity contribution in [2.24, 2.45) is 5.92 Å². The molecule has 0 aromatic carbocycles. The van der Waals surface area contributed by atoms with Crippen LogP contribution in [0, 0.1) is 5.92 Å². The predicted octanol–water partition coefficient (Wildman–Crippen LogP) is 4.36. The zero-order valence-electron chi connectivity index (χ0n) is 13.8. The second-order valence-electron chi connectivity index (χ2n) is 5.92. The highest BCUT2D eigenvalue weighted by Crippen LogP contribution is 2.40. The van der Waals surface area contributed by atoms with Crippen molar-refractivity contribution >= 4 is 17.3 Å². The summed E-state index contributed by atoms with van der Waals surface area (Å²) in [6.45, 7) is 0.589. The van der Waals surface area contributed by atoms with Gasteiger partial charge in [-0.2, -0.15) is 0 Å². The Morgan fingerprint density at radius 1 is 1.36 bits per heavy atom. The third-order valence-electron chi connectivity index (χ3n) is 4.08. The number of carboxylic acid groups (broad SMARTS) is 1. The van der Waals surface area contributed by atoms with E-state index in [9.17, 15) is 4.79 Å². The number of carboxylic acids is 1. The maximum atomic E-state index is 10.6. The molecule has 1 N–H and O–H groups in total. The van der Waals surface area contributed by atoms with Crippen molar-refractivity contribution < 1.29 is 19.4 Å². The molecule has 1 aliphatic heterocycles. The van der Waals surface area contributed by atoms with Gasteiger partial charge >= 0.3 is 5.97 Å². The van der Waals surface area contributed by atoms with Gasteiger partial charge in [0.2, 0.25) is 0 Å². The largest absolute Gasteiger partial charge is 0.481 e. The summed E-state index contributed by atoms with van der Waals surface area (Å²) in [6, 6.07) is 7.94. The standard InChI is InChI=1S/C19H21NO4S/c21-17(22)9-3-1-2-6-15-13-23-19(16-8-5-11-25-16)24-18(15)14-7-4-10-20-12-14/h1-2,4-5,7-8,10-12,15,18-19H,3,6,9,13H2,(H,21,22)/b2-1-/t15-,18-,19+/m0/s1. The Labute approximate surface area is 150 Å². The van der Waals surface area contributed by atoms with E-state index in [2.05, 4.69) is 4.98 Å². The van der Waals surface area contributed by atoms with Crippen molar-refractivity contribution in [3.63, 3.8) is 0 Å². The second-order valence-corrected chi connectivity index (χ2v) is 6.90. The molecule has 0 spiro atoms. The minimum absolute atomic E-state index is 0.0985. The summed E-state index contributed by atoms with van der Waals surface area (Å²) in [5.41, 5.74) is 1.04. The van der Waals surface area contributed by atoms with E-state index in [-0.39, 0.29) is 24.7 Å². The summed E-state index contributed by atoms with van der Waals surface area (Å²) >= 11 is 1.62. The number of rotatable bonds is 7. The van der Waals surface area contributed by atoms with Gasteiger partial charge in [0.05, 0.1) is 17.6 Å². The molecular weight excluding hydrogens is 338 g/mol. The molecule has 1 fully saturated rings. The van der Waals surface area contributed by atoms with Crippen LogP contribution in [0.5, 0.6) is 0 Å². The number of aromatic nitrogens is 1. The highest BCUT2D eigenvalue weighted by molar-refractivity contribution is 7.10. The van der Waals surface area contributed by atoms with Crippen LogP contribution in [-0.4, -0.2) is 22.7 Å². The molecule has 0 saturated carbocycles. The van der Waals surface area contributed by atoms with Gasteiger partial charge in [-0.1, -0.05) is 24.3 Å². The molecule has 0 unspecified atom stereocenters. The second kappa shape index (κ2) is 8.89. The molecule has 3 atom stereocenters. The fraction of sp³-hybridized carbons (Fsp3) is 0.368. The molecule has 2 aromatic heterocycles. The smallest absolute Gasteiger partial charge is 0.303 e. The molecular formula is C19H21NO4S. The molecule has 1 saturated heterocycles. The SMILES string of the molecule is O=C(O)CC/C=C\C[C@H]1CO[C@@H](c2cccs2)O[C@H]1c1cccnc1. The number of allylic oxidation sites excluding steroid dienone is 2. The highest BCUT2D eigenvalue weighted by atomic mass is 32.1. The Kier molecular flexibility index (Phi) is 6.33. The lowest BCUT2D eigenvalue weighted by Gasteiger charge is -2.36. The van der Waals surface area contributed by atoms with E-state index in [0.29, 0.717) is 13.0 Å². The van der Waals surface area contributed by atoms with Gasteiger partial charge in [0.25, 0.3) is 0 Å². The molecule has 3 heterocycles. The molecule has 0 amide bonds. The fourth-order valence-corrected chi connectivity index (χ4v) is 3.54. The molecule has 5 nitrogen and oxygen atoms in total. The predicted molar refractivity (Wildman–Crippen MR) is 95.2 cm³/mol. The lowest BCUT2D eigenvalue weighted by Crippen LogP contribution is -2.30. The summed E-state index contributed by atoms with van der Waals surface area (Å²) in [5.74, 6) is -0.609. The fourth-order valence-electron chi connectivity index (χ4n) is 2.84. The van der Waals surface area contributed by atoms with E-state index >= 15 is 0 Å². The third kappa shape index (κ3) is 4.98. The van der Waals surface area contributed by atoms with Crippen molar-refractivity contribution in [3.05, 3.63) is 64.6 Å². The first-order chi connectivity index (χ1) is 12.2. The van der Waals surface area contributed by atoms with Gasteiger partial charge in [-0.25, -0.2) is 0 Å². The first-order valence-corrected chi connectivity index (χ1v) is 9.19. The molecule has 0 radical (unpaired) electrons. The van der Waals surface area contributed by atoms with Crippen molar-refractivity contribution in [1.29, 1.82) is 0 Å². The van der Waals surface area contributed by atoms with Crippen LogP contribution in [0.25, 0.3) is 0 Å². The minimum Gasteiger partial charge on any atom is -0.481 e. The van der Waals surface area contributed by atoms with Gasteiger partial charge in [0.15, 0.2) is 6.29 Å². The van der Waals surface area contributed by atoms with Crippen molar-refractivity contribution in [1.82, 2.24) is 4.98 Å². The Morgan fingerprint density at radius 3 is 3.00 bits per heavy atom. The Morgan fingerprint density at radius 2 is 2.28 bits per heavy atom. The molecule has 0 aliphatic carbocycles. The van der Waals surface area contributed by atoms with E-state index < -0.39 is 5.97 Å². The third-order valence-corrected chi connectivity index (χ3v) is 4.97. The van der Waals surface area contributed by atoms with Gasteiger partial charge < -0.3 is 14.6 Å². The van der Waals surface area contributed by atoms with Crippen LogP contribution in [0.1, 0.15) is 42.1 Å². The molecule has 2 aromatic rings. The maximum absolute atomic E-state index is 10.6. The lowest BCUT2D eigenvalue weighted by molar-refractivity contribution is -0.242. The molecule has 132 valence electrons. The van der Waals surface area contributed by atoms with Crippen LogP contribution in [0.3, 0.4) is 0 Å². The quantitative estimate of drug-likeness (QED) is 0.744. The van der Waals surface area contributed by atoms with Gasteiger partial charge in [-0.15, -0.1) is 11.3 Å². The Hall–Kier alpha value is -2.02. The topological polar surface area (TPSA) is 68.7 Å². The van der Waals surface area contributed by atoms with Crippen LogP contribution in [-0.2, 0) is 14.3 Å². The molecule has 1 aliphatic rings. The molecule has 25 heavy (non-hydrogen) atoms. The van der Waals surface area contributed by atoms with E-state index in [4.69, 9.17) is 14.6 Å². The first kappa shape index (κ1) is 17.8. The van der Waals surface area contributed by atoms with Crippen LogP contribution < -0.4 is 0 Å². The number of hydrogen-bond acceptors (Lipinski definition) is 5. The normalized spacial score (nSPS) is 23.8. The Balaban J connectivity index is 1.67. The zero-order valence-corrected chi connectivity index (χ0v) is 14.6. The summed E-state index contributed by atoms with van der Waals surface area (Å²) in [7, 11) is 0. The minimum atomic E-state index is -0.777. The van der Waals surface area contributed by atoms with Crippen LogP contribution in [0.4, 0.5) is 0 Å². The van der Waals surface area contributed by atoms with Crippen LogP contribution in [0.15, 0.2) is 54.2 Å². The van der Waals surface area contributed by atoms with Crippen LogP contribution >= 0.6 is 11.3 Å². The van der Waals surface area contributed by atoms with Gasteiger partial charge in [0.1, 0.15) is 0 Å². The molecule has 3 rings (SSSR count). The zero-order chi connectivity index (χ0) is 17.5. The summed E-state index contributed by atoms with van der Waals surface area (Å²) in [6.07, 6.45) is 8.55. The van der Waals surface area contributed by atoms with Crippen LogP contribution in [0.2, 0.25) is 0 Å². The first-order valence-electron chi connectivity index (χ1n) is 8.31.